The Labute approximate surface area is 220 Å². The van der Waals surface area contributed by atoms with Gasteiger partial charge < -0.3 is 21.9 Å². The molecule has 3 aromatic rings. The predicted molar refractivity (Wildman–Crippen MR) is 149 cm³/mol. The van der Waals surface area contributed by atoms with Crippen LogP contribution in [0.1, 0.15) is 35.1 Å². The molecule has 4 rings (SSSR count). The second-order valence-corrected chi connectivity index (χ2v) is 10.5. The zero-order chi connectivity index (χ0) is 25.3. The van der Waals surface area contributed by atoms with Crippen molar-refractivity contribution in [2.24, 2.45) is 17.4 Å². The highest BCUT2D eigenvalue weighted by atomic mass is 35.5. The van der Waals surface area contributed by atoms with Gasteiger partial charge in [0, 0.05) is 43.3 Å². The van der Waals surface area contributed by atoms with E-state index in [1.807, 2.05) is 30.3 Å². The summed E-state index contributed by atoms with van der Waals surface area (Å²) in [4.78, 5) is 2.22. The summed E-state index contributed by atoms with van der Waals surface area (Å²) < 4.78 is 0. The molecular formula is C30H39ClN4O. The van der Waals surface area contributed by atoms with Gasteiger partial charge >= 0.3 is 0 Å². The Bertz CT molecular complexity index is 1040. The number of nitrogens with two attached hydrogens (primary N) is 2. The Morgan fingerprint density at radius 1 is 0.917 bits per heavy atom. The lowest BCUT2D eigenvalue weighted by Crippen LogP contribution is -2.52. The van der Waals surface area contributed by atoms with E-state index in [2.05, 4.69) is 58.7 Å². The second-order valence-electron chi connectivity index (χ2n) is 10.0. The van der Waals surface area contributed by atoms with Crippen LogP contribution in [0, 0.1) is 5.92 Å². The minimum atomic E-state index is -0.667. The first-order chi connectivity index (χ1) is 17.5. The average molecular weight is 507 g/mol. The van der Waals surface area contributed by atoms with Gasteiger partial charge in [0.15, 0.2) is 0 Å². The third kappa shape index (κ3) is 7.62. The maximum atomic E-state index is 11.3. The summed E-state index contributed by atoms with van der Waals surface area (Å²) in [5.74, 6) is 0.456. The maximum Gasteiger partial charge on any atom is 0.122 e. The van der Waals surface area contributed by atoms with Crippen LogP contribution in [0.5, 0.6) is 0 Å². The molecular weight excluding hydrogens is 468 g/mol. The van der Waals surface area contributed by atoms with Gasteiger partial charge in [0.1, 0.15) is 6.23 Å². The number of aliphatic hydroxyl groups excluding tert-OH is 1. The molecule has 0 saturated carbocycles. The SMILES string of the molecule is NCc1ccc(CNCC2CC(Cc3ccc(Cl)cc3)CN2C(O)C(N)CCc2ccccc2)cc1. The fraction of sp³-hybridized carbons (Fsp3) is 0.400. The van der Waals surface area contributed by atoms with Crippen molar-refractivity contribution in [2.45, 2.75) is 57.1 Å². The summed E-state index contributed by atoms with van der Waals surface area (Å²) in [7, 11) is 0. The van der Waals surface area contributed by atoms with Crippen molar-refractivity contribution in [1.29, 1.82) is 0 Å². The molecule has 192 valence electrons. The van der Waals surface area contributed by atoms with Crippen LogP contribution in [0.3, 0.4) is 0 Å². The van der Waals surface area contributed by atoms with Crippen LogP contribution in [-0.2, 0) is 25.9 Å². The normalized spacial score (nSPS) is 19.9. The van der Waals surface area contributed by atoms with Gasteiger partial charge in [0.05, 0.1) is 0 Å². The van der Waals surface area contributed by atoms with E-state index < -0.39 is 6.23 Å². The van der Waals surface area contributed by atoms with Gasteiger partial charge in [-0.3, -0.25) is 4.90 Å². The summed E-state index contributed by atoms with van der Waals surface area (Å²) in [5.41, 5.74) is 17.1. The molecule has 1 aliphatic rings. The topological polar surface area (TPSA) is 87.5 Å². The molecule has 4 atom stereocenters. The minimum Gasteiger partial charge on any atom is -0.377 e. The number of hydrogen-bond donors (Lipinski definition) is 4. The van der Waals surface area contributed by atoms with Crippen molar-refractivity contribution < 1.29 is 5.11 Å². The summed E-state index contributed by atoms with van der Waals surface area (Å²) in [6.07, 6.45) is 2.93. The van der Waals surface area contributed by atoms with E-state index in [1.54, 1.807) is 0 Å². The molecule has 0 amide bonds. The van der Waals surface area contributed by atoms with Crippen LogP contribution in [0.2, 0.25) is 5.02 Å². The highest BCUT2D eigenvalue weighted by molar-refractivity contribution is 6.30. The molecule has 0 bridgehead atoms. The minimum absolute atomic E-state index is 0.225. The van der Waals surface area contributed by atoms with Gasteiger partial charge in [-0.1, -0.05) is 78.3 Å². The molecule has 6 N–H and O–H groups in total. The molecule has 0 aromatic heterocycles. The Morgan fingerprint density at radius 2 is 1.58 bits per heavy atom. The number of benzene rings is 3. The highest BCUT2D eigenvalue weighted by Gasteiger charge is 2.37. The van der Waals surface area contributed by atoms with Crippen molar-refractivity contribution in [3.05, 3.63) is 106 Å². The van der Waals surface area contributed by atoms with Gasteiger partial charge in [0.25, 0.3) is 0 Å². The van der Waals surface area contributed by atoms with Crippen molar-refractivity contribution in [3.63, 3.8) is 0 Å². The van der Waals surface area contributed by atoms with Crippen molar-refractivity contribution in [2.75, 3.05) is 13.1 Å². The van der Waals surface area contributed by atoms with Gasteiger partial charge in [-0.15, -0.1) is 0 Å². The van der Waals surface area contributed by atoms with E-state index in [-0.39, 0.29) is 12.1 Å². The van der Waals surface area contributed by atoms with E-state index >= 15 is 0 Å². The summed E-state index contributed by atoms with van der Waals surface area (Å²) in [5, 5.41) is 15.7. The maximum absolute atomic E-state index is 11.3. The van der Waals surface area contributed by atoms with Gasteiger partial charge in [0.2, 0.25) is 0 Å². The van der Waals surface area contributed by atoms with Gasteiger partial charge in [-0.25, -0.2) is 0 Å². The molecule has 1 aliphatic heterocycles. The third-order valence-electron chi connectivity index (χ3n) is 7.28. The standard InChI is InChI=1S/C30H39ClN4O/c31-27-13-10-23(11-14-27)16-26-17-28(20-34-19-25-8-6-24(18-32)7-9-25)35(21-26)30(36)29(33)15-12-22-4-2-1-3-5-22/h1-11,13-14,26,28-30,34,36H,12,15-21,32-33H2. The Kier molecular flexibility index (Phi) is 9.93. The van der Waals surface area contributed by atoms with Crippen LogP contribution in [-0.4, -0.2) is 41.4 Å². The van der Waals surface area contributed by atoms with Gasteiger partial charge in [-0.2, -0.15) is 0 Å². The molecule has 0 radical (unpaired) electrons. The molecule has 1 saturated heterocycles. The summed E-state index contributed by atoms with van der Waals surface area (Å²) in [6, 6.07) is 26.8. The number of hydrogen-bond acceptors (Lipinski definition) is 5. The largest absolute Gasteiger partial charge is 0.377 e. The fourth-order valence-electron chi connectivity index (χ4n) is 5.22. The fourth-order valence-corrected chi connectivity index (χ4v) is 5.34. The summed E-state index contributed by atoms with van der Waals surface area (Å²) in [6.45, 7) is 2.98. The molecule has 6 heteroatoms. The van der Waals surface area contributed by atoms with E-state index in [4.69, 9.17) is 23.1 Å². The quantitative estimate of drug-likeness (QED) is 0.297. The Balaban J connectivity index is 1.37. The lowest BCUT2D eigenvalue weighted by atomic mass is 9.97. The smallest absolute Gasteiger partial charge is 0.122 e. The second kappa shape index (κ2) is 13.3. The van der Waals surface area contributed by atoms with Crippen molar-refractivity contribution in [1.82, 2.24) is 10.2 Å². The van der Waals surface area contributed by atoms with Gasteiger partial charge in [-0.05, 0) is 66.0 Å². The molecule has 0 aliphatic carbocycles. The molecule has 1 fully saturated rings. The van der Waals surface area contributed by atoms with Crippen LogP contribution < -0.4 is 16.8 Å². The lowest BCUT2D eigenvalue weighted by molar-refractivity contribution is -0.0259. The number of aryl methyl sites for hydroxylation is 1. The van der Waals surface area contributed by atoms with Crippen LogP contribution in [0.25, 0.3) is 0 Å². The number of nitrogens with one attached hydrogen (secondary N) is 1. The first kappa shape index (κ1) is 26.8. The van der Waals surface area contributed by atoms with Crippen molar-refractivity contribution >= 4 is 11.6 Å². The zero-order valence-corrected chi connectivity index (χ0v) is 21.7. The number of aliphatic hydroxyl groups is 1. The van der Waals surface area contributed by atoms with Crippen LogP contribution in [0.4, 0.5) is 0 Å². The Morgan fingerprint density at radius 3 is 2.28 bits per heavy atom. The molecule has 4 unspecified atom stereocenters. The first-order valence-corrected chi connectivity index (χ1v) is 13.4. The van der Waals surface area contributed by atoms with Crippen LogP contribution in [0.15, 0.2) is 78.9 Å². The number of likely N-dealkylation sites (tertiary alicyclic amines) is 1. The van der Waals surface area contributed by atoms with E-state index in [0.717, 1.165) is 55.9 Å². The highest BCUT2D eigenvalue weighted by Crippen LogP contribution is 2.29. The van der Waals surface area contributed by atoms with E-state index in [1.165, 1.54) is 16.7 Å². The third-order valence-corrected chi connectivity index (χ3v) is 7.53. The summed E-state index contributed by atoms with van der Waals surface area (Å²) >= 11 is 6.08. The molecule has 1 heterocycles. The molecule has 36 heavy (non-hydrogen) atoms. The van der Waals surface area contributed by atoms with E-state index in [9.17, 15) is 5.11 Å². The zero-order valence-electron chi connectivity index (χ0n) is 20.9. The monoisotopic (exact) mass is 506 g/mol. The molecule has 0 spiro atoms. The van der Waals surface area contributed by atoms with Crippen molar-refractivity contribution in [3.8, 4) is 0 Å². The lowest BCUT2D eigenvalue weighted by Gasteiger charge is -2.33. The molecule has 5 nitrogen and oxygen atoms in total. The number of nitrogens with zero attached hydrogens (tertiary/aromatic N) is 1. The Hall–Kier alpha value is -2.25. The van der Waals surface area contributed by atoms with Crippen LogP contribution >= 0.6 is 11.6 Å². The number of rotatable bonds is 12. The average Bonchev–Trinajstić information content (AvgIpc) is 3.31. The molecule has 3 aromatic carbocycles. The number of halogens is 1. The van der Waals surface area contributed by atoms with E-state index in [0.29, 0.717) is 12.5 Å². The predicted octanol–water partition coefficient (Wildman–Crippen LogP) is 4.10. The first-order valence-electron chi connectivity index (χ1n) is 13.0.